The van der Waals surface area contributed by atoms with Crippen LogP contribution in [0.3, 0.4) is 0 Å². The highest BCUT2D eigenvalue weighted by Crippen LogP contribution is 2.28. The molecule has 0 aliphatic heterocycles. The molecule has 1 saturated carbocycles. The van der Waals surface area contributed by atoms with E-state index in [0.717, 1.165) is 25.3 Å². The summed E-state index contributed by atoms with van der Waals surface area (Å²) in [6.45, 7) is 0. The van der Waals surface area contributed by atoms with Crippen molar-refractivity contribution >= 4 is 17.7 Å². The van der Waals surface area contributed by atoms with Gasteiger partial charge in [0, 0.05) is 17.4 Å². The zero-order valence-electron chi connectivity index (χ0n) is 10.1. The maximum absolute atomic E-state index is 13.5. The van der Waals surface area contributed by atoms with Gasteiger partial charge in [0.15, 0.2) is 0 Å². The molecule has 0 aromatic heterocycles. The average Bonchev–Trinajstić information content (AvgIpc) is 2.76. The lowest BCUT2D eigenvalue weighted by Gasteiger charge is -2.19. The molecule has 0 spiro atoms. The number of aromatic hydroxyl groups is 1. The molecule has 18 heavy (non-hydrogen) atoms. The third-order valence-electron chi connectivity index (χ3n) is 3.27. The van der Waals surface area contributed by atoms with Crippen LogP contribution in [0.2, 0.25) is 0 Å². The van der Waals surface area contributed by atoms with Gasteiger partial charge < -0.3 is 10.4 Å². The maximum atomic E-state index is 13.5. The second kappa shape index (κ2) is 5.61. The molecule has 0 bridgehead atoms. The first kappa shape index (κ1) is 13.2. The highest BCUT2D eigenvalue weighted by molar-refractivity contribution is 7.99. The van der Waals surface area contributed by atoms with Crippen LogP contribution in [-0.2, 0) is 0 Å². The van der Waals surface area contributed by atoms with Crippen LogP contribution < -0.4 is 5.32 Å². The van der Waals surface area contributed by atoms with Gasteiger partial charge in [-0.05, 0) is 31.2 Å². The molecule has 3 nitrogen and oxygen atoms in total. The lowest BCUT2D eigenvalue weighted by Crippen LogP contribution is -2.38. The van der Waals surface area contributed by atoms with E-state index in [0.29, 0.717) is 5.25 Å². The number of nitrogens with one attached hydrogen (secondary N) is 1. The Kier molecular flexibility index (Phi) is 4.11. The minimum atomic E-state index is -0.689. The molecule has 1 aliphatic carbocycles. The summed E-state index contributed by atoms with van der Waals surface area (Å²) in [4.78, 5) is 12.0. The van der Waals surface area contributed by atoms with Crippen molar-refractivity contribution in [3.05, 3.63) is 29.6 Å². The van der Waals surface area contributed by atoms with Crippen molar-refractivity contribution in [2.45, 2.75) is 30.6 Å². The standard InChI is InChI=1S/C13H16FNO2S/c1-18-12-4-2-3-11(12)15-13(17)9-6-5-8(16)7-10(9)14/h5-7,11-12,16H,2-4H2,1H3,(H,15,17). The molecule has 0 radical (unpaired) electrons. The van der Waals surface area contributed by atoms with Crippen molar-refractivity contribution in [2.24, 2.45) is 0 Å². The fraction of sp³-hybridized carbons (Fsp3) is 0.462. The molecule has 0 saturated heterocycles. The number of hydrogen-bond acceptors (Lipinski definition) is 3. The molecule has 1 amide bonds. The molecule has 2 unspecified atom stereocenters. The third kappa shape index (κ3) is 2.77. The first-order valence-corrected chi connectivity index (χ1v) is 7.23. The number of benzene rings is 1. The molecule has 1 aliphatic rings. The summed E-state index contributed by atoms with van der Waals surface area (Å²) in [5.41, 5.74) is -0.0143. The monoisotopic (exact) mass is 269 g/mol. The van der Waals surface area contributed by atoms with Gasteiger partial charge in [0.2, 0.25) is 0 Å². The molecule has 2 rings (SSSR count). The maximum Gasteiger partial charge on any atom is 0.254 e. The first-order chi connectivity index (χ1) is 8.61. The zero-order chi connectivity index (χ0) is 13.1. The van der Waals surface area contributed by atoms with Crippen LogP contribution in [0.5, 0.6) is 5.75 Å². The van der Waals surface area contributed by atoms with E-state index in [1.165, 1.54) is 12.1 Å². The number of rotatable bonds is 3. The van der Waals surface area contributed by atoms with E-state index in [-0.39, 0.29) is 17.4 Å². The zero-order valence-corrected chi connectivity index (χ0v) is 11.0. The van der Waals surface area contributed by atoms with Gasteiger partial charge in [0.05, 0.1) is 5.56 Å². The van der Waals surface area contributed by atoms with Gasteiger partial charge in [-0.15, -0.1) is 0 Å². The van der Waals surface area contributed by atoms with Gasteiger partial charge in [0.1, 0.15) is 11.6 Å². The Labute approximate surface area is 110 Å². The predicted molar refractivity (Wildman–Crippen MR) is 70.5 cm³/mol. The summed E-state index contributed by atoms with van der Waals surface area (Å²) >= 11 is 1.74. The summed E-state index contributed by atoms with van der Waals surface area (Å²) in [7, 11) is 0. The first-order valence-electron chi connectivity index (χ1n) is 5.94. The average molecular weight is 269 g/mol. The lowest BCUT2D eigenvalue weighted by molar-refractivity contribution is 0.0934. The number of hydrogen-bond donors (Lipinski definition) is 2. The predicted octanol–water partition coefficient (Wildman–Crippen LogP) is 2.55. The normalized spacial score (nSPS) is 23.0. The number of carbonyl (C=O) groups excluding carboxylic acids is 1. The van der Waals surface area contributed by atoms with E-state index in [4.69, 9.17) is 5.11 Å². The van der Waals surface area contributed by atoms with Crippen LogP contribution in [0.1, 0.15) is 29.6 Å². The Balaban J connectivity index is 2.07. The number of carbonyl (C=O) groups is 1. The quantitative estimate of drug-likeness (QED) is 0.886. The number of thioether (sulfide) groups is 1. The van der Waals surface area contributed by atoms with E-state index in [1.54, 1.807) is 11.8 Å². The Morgan fingerprint density at radius 3 is 2.94 bits per heavy atom. The second-order valence-corrected chi connectivity index (χ2v) is 5.53. The van der Waals surface area contributed by atoms with E-state index in [1.807, 2.05) is 6.26 Å². The molecule has 1 aromatic rings. The second-order valence-electron chi connectivity index (χ2n) is 4.45. The lowest BCUT2D eigenvalue weighted by atomic mass is 10.1. The number of phenolic OH excluding ortho intramolecular Hbond substituents is 1. The highest BCUT2D eigenvalue weighted by Gasteiger charge is 2.28. The summed E-state index contributed by atoms with van der Waals surface area (Å²) in [6.07, 6.45) is 5.14. The van der Waals surface area contributed by atoms with Crippen LogP contribution in [0.15, 0.2) is 18.2 Å². The molecule has 5 heteroatoms. The van der Waals surface area contributed by atoms with Gasteiger partial charge in [-0.3, -0.25) is 4.79 Å². The van der Waals surface area contributed by atoms with Crippen molar-refractivity contribution in [3.8, 4) is 5.75 Å². The van der Waals surface area contributed by atoms with Crippen molar-refractivity contribution in [3.63, 3.8) is 0 Å². The Bertz CT molecular complexity index is 453. The smallest absolute Gasteiger partial charge is 0.254 e. The van der Waals surface area contributed by atoms with Gasteiger partial charge in [0.25, 0.3) is 5.91 Å². The van der Waals surface area contributed by atoms with Crippen molar-refractivity contribution in [2.75, 3.05) is 6.26 Å². The summed E-state index contributed by atoms with van der Waals surface area (Å²) in [6, 6.07) is 3.69. The number of halogens is 1. The Hall–Kier alpha value is -1.23. The highest BCUT2D eigenvalue weighted by atomic mass is 32.2. The van der Waals surface area contributed by atoms with Gasteiger partial charge in [-0.1, -0.05) is 6.42 Å². The van der Waals surface area contributed by atoms with Gasteiger partial charge in [-0.25, -0.2) is 4.39 Å². The van der Waals surface area contributed by atoms with Crippen molar-refractivity contribution in [1.29, 1.82) is 0 Å². The summed E-state index contributed by atoms with van der Waals surface area (Å²) in [5, 5.41) is 12.4. The van der Waals surface area contributed by atoms with Gasteiger partial charge in [-0.2, -0.15) is 11.8 Å². The molecular weight excluding hydrogens is 253 g/mol. The molecule has 98 valence electrons. The van der Waals surface area contributed by atoms with Crippen LogP contribution in [0.4, 0.5) is 4.39 Å². The fourth-order valence-corrected chi connectivity index (χ4v) is 3.24. The molecule has 2 N–H and O–H groups in total. The summed E-state index contributed by atoms with van der Waals surface area (Å²) in [5.74, 6) is -1.27. The van der Waals surface area contributed by atoms with Crippen LogP contribution >= 0.6 is 11.8 Å². The largest absolute Gasteiger partial charge is 0.508 e. The third-order valence-corrected chi connectivity index (χ3v) is 4.44. The Morgan fingerprint density at radius 2 is 2.28 bits per heavy atom. The Morgan fingerprint density at radius 1 is 1.50 bits per heavy atom. The molecule has 2 atom stereocenters. The molecule has 0 heterocycles. The van der Waals surface area contributed by atoms with Crippen molar-refractivity contribution in [1.82, 2.24) is 5.32 Å². The molecular formula is C13H16FNO2S. The molecule has 1 aromatic carbocycles. The van der Waals surface area contributed by atoms with Crippen LogP contribution in [0.25, 0.3) is 0 Å². The van der Waals surface area contributed by atoms with Gasteiger partial charge >= 0.3 is 0 Å². The summed E-state index contributed by atoms with van der Waals surface area (Å²) < 4.78 is 13.5. The topological polar surface area (TPSA) is 49.3 Å². The van der Waals surface area contributed by atoms with E-state index in [2.05, 4.69) is 5.32 Å². The van der Waals surface area contributed by atoms with Crippen LogP contribution in [0, 0.1) is 5.82 Å². The number of amides is 1. The number of phenols is 1. The van der Waals surface area contributed by atoms with E-state index < -0.39 is 11.7 Å². The van der Waals surface area contributed by atoms with E-state index >= 15 is 0 Å². The minimum Gasteiger partial charge on any atom is -0.508 e. The van der Waals surface area contributed by atoms with Crippen LogP contribution in [-0.4, -0.2) is 28.6 Å². The van der Waals surface area contributed by atoms with Crippen molar-refractivity contribution < 1.29 is 14.3 Å². The van der Waals surface area contributed by atoms with E-state index in [9.17, 15) is 9.18 Å². The minimum absolute atomic E-state index is 0.0143. The SMILES string of the molecule is CSC1CCCC1NC(=O)c1ccc(O)cc1F. The molecule has 1 fully saturated rings. The fourth-order valence-electron chi connectivity index (χ4n) is 2.31.